The molecule has 0 radical (unpaired) electrons. The monoisotopic (exact) mass is 245 g/mol. The Hall–Kier alpha value is -1.59. The van der Waals surface area contributed by atoms with Gasteiger partial charge < -0.3 is 14.4 Å². The highest BCUT2D eigenvalue weighted by molar-refractivity contribution is 5.73. The molecule has 0 spiro atoms. The minimum absolute atomic E-state index is 0.156. The second kappa shape index (κ2) is 7.65. The molecule has 6 nitrogen and oxygen atoms in total. The topological polar surface area (TPSA) is 81.7 Å². The van der Waals surface area contributed by atoms with Gasteiger partial charge in [-0.05, 0) is 33.6 Å². The third-order valence-corrected chi connectivity index (χ3v) is 1.60. The average Bonchev–Trinajstić information content (AvgIpc) is 2.19. The summed E-state index contributed by atoms with van der Waals surface area (Å²) in [7, 11) is 0. The van der Waals surface area contributed by atoms with E-state index in [1.54, 1.807) is 20.8 Å². The van der Waals surface area contributed by atoms with Gasteiger partial charge in [0.15, 0.2) is 0 Å². The average molecular weight is 245 g/mol. The Kier molecular flexibility index (Phi) is 6.93. The van der Waals surface area contributed by atoms with Gasteiger partial charge in [0, 0.05) is 12.8 Å². The van der Waals surface area contributed by atoms with Crippen molar-refractivity contribution in [3.63, 3.8) is 0 Å². The van der Waals surface area contributed by atoms with Crippen molar-refractivity contribution in [3.8, 4) is 0 Å². The molecule has 0 bridgehead atoms. The van der Waals surface area contributed by atoms with Crippen LogP contribution in [-0.4, -0.2) is 23.9 Å². The summed E-state index contributed by atoms with van der Waals surface area (Å²) in [5.41, 5.74) is 1.26. The number of hydrogen-bond donors (Lipinski definition) is 1. The van der Waals surface area contributed by atoms with Crippen molar-refractivity contribution in [2.45, 2.75) is 52.1 Å². The number of nitrogens with one attached hydrogen (secondary N) is 1. The van der Waals surface area contributed by atoms with Crippen molar-refractivity contribution in [2.24, 2.45) is 0 Å². The fraction of sp³-hybridized carbons (Fsp3) is 0.727. The van der Waals surface area contributed by atoms with Gasteiger partial charge in [0.05, 0.1) is 0 Å². The Morgan fingerprint density at radius 1 is 1.24 bits per heavy atom. The summed E-state index contributed by atoms with van der Waals surface area (Å²) in [5.74, 6) is -0.554. The fourth-order valence-corrected chi connectivity index (χ4v) is 0.946. The molecule has 1 amide bonds. The predicted octanol–water partition coefficient (Wildman–Crippen LogP) is 1.73. The summed E-state index contributed by atoms with van der Waals surface area (Å²) >= 11 is 0. The van der Waals surface area contributed by atoms with E-state index in [4.69, 9.17) is 4.74 Å². The normalized spacial score (nSPS) is 10.5. The maximum atomic E-state index is 11.1. The van der Waals surface area contributed by atoms with Crippen LogP contribution in [0.3, 0.4) is 0 Å². The zero-order valence-electron chi connectivity index (χ0n) is 10.4. The first kappa shape index (κ1) is 15.4. The van der Waals surface area contributed by atoms with Crippen LogP contribution in [0.25, 0.3) is 0 Å². The molecule has 0 rings (SSSR count). The molecule has 0 aliphatic carbocycles. The Morgan fingerprint density at radius 2 is 1.88 bits per heavy atom. The lowest BCUT2D eigenvalue weighted by atomic mass is 10.2. The van der Waals surface area contributed by atoms with Gasteiger partial charge in [0.1, 0.15) is 11.9 Å². The Bertz CT molecular complexity index is 270. The van der Waals surface area contributed by atoms with E-state index in [-0.39, 0.29) is 6.42 Å². The smallest absolute Gasteiger partial charge is 0.441 e. The van der Waals surface area contributed by atoms with E-state index in [0.29, 0.717) is 19.3 Å². The Morgan fingerprint density at radius 3 is 2.41 bits per heavy atom. The third kappa shape index (κ3) is 10.7. The Labute approximate surface area is 101 Å². The van der Waals surface area contributed by atoms with Crippen LogP contribution in [0, 0.1) is 0 Å². The van der Waals surface area contributed by atoms with Gasteiger partial charge in [-0.2, -0.15) is 0 Å². The molecule has 0 heterocycles. The predicted molar refractivity (Wildman–Crippen MR) is 60.0 cm³/mol. The molecule has 17 heavy (non-hydrogen) atoms. The molecule has 0 aliphatic heterocycles. The molecule has 0 atom stereocenters. The number of hydroxylamine groups is 1. The number of aldehydes is 1. The number of unbranched alkanes of at least 4 members (excludes halogenated alkanes) is 2. The van der Waals surface area contributed by atoms with Crippen molar-refractivity contribution < 1.29 is 24.0 Å². The SMILES string of the molecule is CC(C)(C)OC(=O)NOC(=O)CCCCC=O. The molecular formula is C11H19NO5. The maximum Gasteiger partial charge on any atom is 0.441 e. The van der Waals surface area contributed by atoms with Gasteiger partial charge >= 0.3 is 12.1 Å². The van der Waals surface area contributed by atoms with E-state index >= 15 is 0 Å². The quantitative estimate of drug-likeness (QED) is 0.453. The van der Waals surface area contributed by atoms with E-state index in [9.17, 15) is 14.4 Å². The van der Waals surface area contributed by atoms with Crippen LogP contribution in [0.15, 0.2) is 0 Å². The summed E-state index contributed by atoms with van der Waals surface area (Å²) in [6.07, 6.45) is 1.75. The van der Waals surface area contributed by atoms with Gasteiger partial charge in [-0.3, -0.25) is 0 Å². The van der Waals surface area contributed by atoms with E-state index in [2.05, 4.69) is 4.84 Å². The van der Waals surface area contributed by atoms with Crippen molar-refractivity contribution in [3.05, 3.63) is 0 Å². The molecule has 0 unspecified atom stereocenters. The lowest BCUT2D eigenvalue weighted by molar-refractivity contribution is -0.150. The van der Waals surface area contributed by atoms with Gasteiger partial charge in [0.2, 0.25) is 0 Å². The largest absolute Gasteiger partial charge is 0.442 e. The molecule has 0 aromatic rings. The standard InChI is InChI=1S/C11H19NO5/c1-11(2,3)16-10(15)12-17-9(14)7-5-4-6-8-13/h8H,4-7H2,1-3H3,(H,12,15). The summed E-state index contributed by atoms with van der Waals surface area (Å²) in [6.45, 7) is 5.11. The van der Waals surface area contributed by atoms with Crippen LogP contribution in [0.5, 0.6) is 0 Å². The first-order chi connectivity index (χ1) is 7.85. The van der Waals surface area contributed by atoms with Crippen molar-refractivity contribution >= 4 is 18.3 Å². The van der Waals surface area contributed by atoms with Crippen molar-refractivity contribution in [1.29, 1.82) is 0 Å². The lowest BCUT2D eigenvalue weighted by Gasteiger charge is -2.19. The maximum absolute atomic E-state index is 11.1. The molecule has 0 aromatic carbocycles. The van der Waals surface area contributed by atoms with Crippen LogP contribution < -0.4 is 5.48 Å². The van der Waals surface area contributed by atoms with E-state index < -0.39 is 17.7 Å². The zero-order valence-corrected chi connectivity index (χ0v) is 10.4. The molecule has 0 aliphatic rings. The first-order valence-corrected chi connectivity index (χ1v) is 5.47. The molecule has 0 aromatic heterocycles. The van der Waals surface area contributed by atoms with Crippen LogP contribution in [0.4, 0.5) is 4.79 Å². The Balaban J connectivity index is 3.63. The highest BCUT2D eigenvalue weighted by Gasteiger charge is 2.17. The van der Waals surface area contributed by atoms with Gasteiger partial charge in [-0.25, -0.2) is 9.59 Å². The van der Waals surface area contributed by atoms with Crippen LogP contribution in [0.1, 0.15) is 46.5 Å². The second-order valence-corrected chi connectivity index (χ2v) is 4.49. The number of carbonyl (C=O) groups excluding carboxylic acids is 3. The number of amides is 1. The highest BCUT2D eigenvalue weighted by Crippen LogP contribution is 2.06. The van der Waals surface area contributed by atoms with Crippen LogP contribution in [0.2, 0.25) is 0 Å². The van der Waals surface area contributed by atoms with E-state index in [1.165, 1.54) is 0 Å². The fourth-order valence-electron chi connectivity index (χ4n) is 0.946. The van der Waals surface area contributed by atoms with Gasteiger partial charge in [-0.1, -0.05) is 0 Å². The van der Waals surface area contributed by atoms with Crippen molar-refractivity contribution in [1.82, 2.24) is 5.48 Å². The van der Waals surface area contributed by atoms with E-state index in [0.717, 1.165) is 6.29 Å². The van der Waals surface area contributed by atoms with E-state index in [1.807, 2.05) is 5.48 Å². The van der Waals surface area contributed by atoms with Gasteiger partial charge in [-0.15, -0.1) is 5.48 Å². The summed E-state index contributed by atoms with van der Waals surface area (Å²) in [6, 6.07) is 0. The number of rotatable bonds is 5. The second-order valence-electron chi connectivity index (χ2n) is 4.49. The molecular weight excluding hydrogens is 226 g/mol. The van der Waals surface area contributed by atoms with Crippen LogP contribution >= 0.6 is 0 Å². The molecule has 6 heteroatoms. The number of ether oxygens (including phenoxy) is 1. The number of hydrogen-bond acceptors (Lipinski definition) is 5. The minimum Gasteiger partial charge on any atom is -0.442 e. The first-order valence-electron chi connectivity index (χ1n) is 5.47. The summed E-state index contributed by atoms with van der Waals surface area (Å²) in [5, 5.41) is 0. The summed E-state index contributed by atoms with van der Waals surface area (Å²) in [4.78, 5) is 36.7. The zero-order chi connectivity index (χ0) is 13.3. The molecule has 0 saturated heterocycles. The molecule has 0 saturated carbocycles. The summed E-state index contributed by atoms with van der Waals surface area (Å²) < 4.78 is 4.86. The molecule has 1 N–H and O–H groups in total. The van der Waals surface area contributed by atoms with Crippen LogP contribution in [-0.2, 0) is 19.2 Å². The van der Waals surface area contributed by atoms with Crippen molar-refractivity contribution in [2.75, 3.05) is 0 Å². The molecule has 0 fully saturated rings. The van der Waals surface area contributed by atoms with Gasteiger partial charge in [0.25, 0.3) is 0 Å². The minimum atomic E-state index is -0.807. The lowest BCUT2D eigenvalue weighted by Crippen LogP contribution is -2.34. The molecule has 98 valence electrons. The third-order valence-electron chi connectivity index (χ3n) is 1.60. The number of carbonyl (C=O) groups is 3. The highest BCUT2D eigenvalue weighted by atomic mass is 16.7.